The molecule has 0 aliphatic carbocycles. The van der Waals surface area contributed by atoms with Gasteiger partial charge in [0, 0.05) is 65.8 Å². The molecule has 14 aromatic carbocycles. The van der Waals surface area contributed by atoms with Gasteiger partial charge in [0.1, 0.15) is 16.1 Å². The fourth-order valence-electron chi connectivity index (χ4n) is 15.5. The summed E-state index contributed by atoms with van der Waals surface area (Å²) in [7, 11) is -4.37. The van der Waals surface area contributed by atoms with Crippen molar-refractivity contribution in [1.82, 2.24) is 18.3 Å². The number of rotatable bonds is 12. The molecule has 18 rings (SSSR count). The molecule has 0 unspecified atom stereocenters. The number of hydrogen-bond acceptors (Lipinski definition) is 0. The zero-order valence-electron chi connectivity index (χ0n) is 56.4. The summed E-state index contributed by atoms with van der Waals surface area (Å²) in [6, 6.07) is 121. The van der Waals surface area contributed by atoms with E-state index >= 15 is 0 Å². The van der Waals surface area contributed by atoms with E-state index in [4.69, 9.17) is 0 Å². The Balaban J connectivity index is 0.000000153. The van der Waals surface area contributed by atoms with Crippen LogP contribution in [0.15, 0.2) is 334 Å². The van der Waals surface area contributed by atoms with Gasteiger partial charge >= 0.3 is 0 Å². The molecule has 0 atom stereocenters. The molecular formula is C92H74N4PSi2-3. The van der Waals surface area contributed by atoms with Crippen LogP contribution in [0.25, 0.3) is 138 Å². The molecule has 0 N–H and O–H groups in total. The van der Waals surface area contributed by atoms with Crippen LogP contribution in [0.3, 0.4) is 0 Å². The molecular weight excluding hydrogens is 1250 g/mol. The average molecular weight is 1320 g/mol. The van der Waals surface area contributed by atoms with Gasteiger partial charge in [0.25, 0.3) is 0 Å². The predicted octanol–water partition coefficient (Wildman–Crippen LogP) is 22.8. The molecule has 4 nitrogen and oxygen atoms in total. The monoisotopic (exact) mass is 1320 g/mol. The Morgan fingerprint density at radius 2 is 0.475 bits per heavy atom. The van der Waals surface area contributed by atoms with Crippen LogP contribution in [0, 0.1) is 0 Å². The normalized spacial score (nSPS) is 11.9. The van der Waals surface area contributed by atoms with E-state index < -0.39 is 16.1 Å². The van der Waals surface area contributed by atoms with Crippen LogP contribution < -0.4 is 20.7 Å². The molecule has 0 amide bonds. The number of aromatic nitrogens is 4. The molecule has 7 heteroatoms. The molecule has 99 heavy (non-hydrogen) atoms. The quantitative estimate of drug-likeness (QED) is 0.0858. The highest BCUT2D eigenvalue weighted by molar-refractivity contribution is 7.01. The minimum atomic E-state index is -2.19. The van der Waals surface area contributed by atoms with Crippen molar-refractivity contribution in [3.05, 3.63) is 345 Å². The van der Waals surface area contributed by atoms with Crippen LogP contribution in [0.5, 0.6) is 0 Å². The molecule has 0 aliphatic heterocycles. The largest absolute Gasteiger partial charge is 3.00 e. The summed E-state index contributed by atoms with van der Waals surface area (Å²) in [6.07, 6.45) is 2.95. The van der Waals surface area contributed by atoms with Gasteiger partial charge in [-0.05, 0) is 125 Å². The lowest BCUT2D eigenvalue weighted by molar-refractivity contribution is 1.14. The molecule has 0 fully saturated rings. The first kappa shape index (κ1) is 62.7. The van der Waals surface area contributed by atoms with Crippen molar-refractivity contribution in [3.63, 3.8) is 0 Å². The second-order valence-corrected chi connectivity index (χ2v) is 36.0. The maximum atomic E-state index is 3.91. The lowest BCUT2D eigenvalue weighted by Gasteiger charge is -3.00. The fraction of sp³-hybridized carbons (Fsp3) is 0.0652. The van der Waals surface area contributed by atoms with Gasteiger partial charge in [0.05, 0.1) is 44.1 Å². The Morgan fingerprint density at radius 1 is 0.263 bits per heavy atom. The summed E-state index contributed by atoms with van der Waals surface area (Å²) < 4.78 is 9.87. The maximum absolute atomic E-state index is 3.91. The van der Waals surface area contributed by atoms with Gasteiger partial charge in [-0.1, -0.05) is 309 Å². The molecule has 0 aliphatic rings. The summed E-state index contributed by atoms with van der Waals surface area (Å²) in [4.78, 5) is 0. The Kier molecular flexibility index (Phi) is 16.1. The molecule has 0 spiro atoms. The average Bonchev–Trinajstić information content (AvgIpc) is 1.62. The first-order valence-electron chi connectivity index (χ1n) is 34.3. The second-order valence-electron chi connectivity index (χ2n) is 27.2. The molecule has 0 saturated carbocycles. The SMILES string of the molecule is C=Cc1ccc(-c2ccc([Si](C)(C)c3cc(-n4c5ccccc5c5ccccc54)cc(-n4c5ccccc5c5ccccc54)c3)cc2)cc1.CCc1ccc(-c2ccc([Si](C)(C)c3cc(-n4c5ccccc5c5ccccc54)cc(-n4c5ccccc5c5ccccc54)c3)cc2)cc1.[P-3]. The zero-order valence-corrected chi connectivity index (χ0v) is 59.3. The number of nitrogens with zero attached hydrogens (tertiary/aromatic N) is 4. The van der Waals surface area contributed by atoms with Crippen molar-refractivity contribution < 1.29 is 0 Å². The van der Waals surface area contributed by atoms with E-state index in [1.165, 1.54) is 159 Å². The van der Waals surface area contributed by atoms with E-state index in [-0.39, 0.29) is 9.90 Å². The van der Waals surface area contributed by atoms with Crippen LogP contribution in [-0.2, 0) is 6.42 Å². The highest BCUT2D eigenvalue weighted by Gasteiger charge is 2.31. The Hall–Kier alpha value is -11.1. The van der Waals surface area contributed by atoms with E-state index in [1.807, 2.05) is 6.08 Å². The van der Waals surface area contributed by atoms with Gasteiger partial charge in [-0.3, -0.25) is 0 Å². The third kappa shape index (κ3) is 10.8. The van der Waals surface area contributed by atoms with Crippen molar-refractivity contribution in [1.29, 1.82) is 0 Å². The number of benzene rings is 14. The van der Waals surface area contributed by atoms with Crippen molar-refractivity contribution >= 4 is 140 Å². The van der Waals surface area contributed by atoms with Crippen LogP contribution in [0.1, 0.15) is 18.1 Å². The summed E-state index contributed by atoms with van der Waals surface area (Å²) in [5.74, 6) is 0. The van der Waals surface area contributed by atoms with Crippen molar-refractivity contribution in [2.75, 3.05) is 0 Å². The fourth-order valence-corrected chi connectivity index (χ4v) is 20.2. The molecule has 0 radical (unpaired) electrons. The van der Waals surface area contributed by atoms with E-state index in [1.54, 1.807) is 0 Å². The van der Waals surface area contributed by atoms with E-state index in [9.17, 15) is 0 Å². The van der Waals surface area contributed by atoms with Gasteiger partial charge in [-0.2, -0.15) is 0 Å². The van der Waals surface area contributed by atoms with Crippen molar-refractivity contribution in [2.24, 2.45) is 0 Å². The zero-order chi connectivity index (χ0) is 66.2. The lowest BCUT2D eigenvalue weighted by Crippen LogP contribution is -2.53. The van der Waals surface area contributed by atoms with Gasteiger partial charge in [0.2, 0.25) is 0 Å². The molecule has 0 bridgehead atoms. The molecule has 4 aromatic heterocycles. The third-order valence-electron chi connectivity index (χ3n) is 21.0. The Morgan fingerprint density at radius 3 is 0.697 bits per heavy atom. The van der Waals surface area contributed by atoms with Crippen molar-refractivity contribution in [3.8, 4) is 45.0 Å². The summed E-state index contributed by atoms with van der Waals surface area (Å²) in [6.45, 7) is 16.1. The minimum Gasteiger partial charge on any atom is -3.00 e. The lowest BCUT2D eigenvalue weighted by atomic mass is 10.0. The number of fused-ring (bicyclic) bond motifs is 12. The van der Waals surface area contributed by atoms with E-state index in [0.717, 1.165) is 12.0 Å². The van der Waals surface area contributed by atoms with E-state index in [2.05, 4.69) is 386 Å². The molecule has 0 saturated heterocycles. The smallest absolute Gasteiger partial charge is 0.112 e. The standard InChI is InChI=1S/C46H38N2Si.C46H36N2Si.P/c2*1-4-32-21-23-33(24-22-32)34-25-27-37(28-26-34)49(2,3)38-30-35(47-43-17-9-5-13-39(43)40-14-6-10-18-44(40)47)29-36(31-38)48-45-19-11-7-15-41(45)42-16-8-12-20-46(42)48;/h5-31H,4H2,1-3H3;4-31H,1H2,2-3H3;/q;;-3. The highest BCUT2D eigenvalue weighted by Crippen LogP contribution is 2.39. The molecule has 4 heterocycles. The predicted molar refractivity (Wildman–Crippen MR) is 434 cm³/mol. The molecule has 18 aromatic rings. The van der Waals surface area contributed by atoms with E-state index in [0.29, 0.717) is 0 Å². The Bertz CT molecular complexity index is 5630. The Labute approximate surface area is 584 Å². The molecule has 478 valence electrons. The number of para-hydroxylation sites is 8. The summed E-state index contributed by atoms with van der Waals surface area (Å²) in [5, 5.41) is 15.8. The highest BCUT2D eigenvalue weighted by atomic mass is 31.0. The number of aryl methyl sites for hydroxylation is 1. The first-order chi connectivity index (χ1) is 48.0. The topological polar surface area (TPSA) is 19.7 Å². The summed E-state index contributed by atoms with van der Waals surface area (Å²) >= 11 is 0. The maximum Gasteiger partial charge on any atom is 0.112 e. The van der Waals surface area contributed by atoms with Crippen LogP contribution in [0.2, 0.25) is 26.2 Å². The summed E-state index contributed by atoms with van der Waals surface area (Å²) in [5.41, 5.74) is 22.1. The third-order valence-corrected chi connectivity index (χ3v) is 28.0. The second kappa shape index (κ2) is 25.4. The van der Waals surface area contributed by atoms with Crippen LogP contribution >= 0.6 is 9.90 Å². The van der Waals surface area contributed by atoms with Crippen LogP contribution in [-0.4, -0.2) is 34.4 Å². The van der Waals surface area contributed by atoms with Gasteiger partial charge in [-0.15, -0.1) is 0 Å². The number of hydrogen-bond donors (Lipinski definition) is 0. The van der Waals surface area contributed by atoms with Gasteiger partial charge in [0.15, 0.2) is 0 Å². The van der Waals surface area contributed by atoms with Crippen LogP contribution in [0.4, 0.5) is 0 Å². The first-order valence-corrected chi connectivity index (χ1v) is 40.3. The minimum absolute atomic E-state index is 0. The van der Waals surface area contributed by atoms with Gasteiger partial charge < -0.3 is 28.2 Å². The van der Waals surface area contributed by atoms with Gasteiger partial charge in [-0.25, -0.2) is 0 Å². The van der Waals surface area contributed by atoms with Crippen molar-refractivity contribution in [2.45, 2.75) is 39.5 Å².